The monoisotopic (exact) mass is 253 g/mol. The highest BCUT2D eigenvalue weighted by molar-refractivity contribution is 6.07. The third-order valence-corrected chi connectivity index (χ3v) is 3.46. The minimum absolute atomic E-state index is 0.0375. The highest BCUT2D eigenvalue weighted by Crippen LogP contribution is 2.25. The van der Waals surface area contributed by atoms with Crippen LogP contribution >= 0.6 is 0 Å². The largest absolute Gasteiger partial charge is 0.311 e. The van der Waals surface area contributed by atoms with E-state index in [9.17, 15) is 4.79 Å². The summed E-state index contributed by atoms with van der Waals surface area (Å²) in [5.41, 5.74) is 4.99. The van der Waals surface area contributed by atoms with E-state index in [1.807, 2.05) is 70.3 Å². The van der Waals surface area contributed by atoms with Crippen LogP contribution in [0.5, 0.6) is 0 Å². The molecule has 2 nitrogen and oxygen atoms in total. The Morgan fingerprint density at radius 1 is 0.842 bits per heavy atom. The summed E-state index contributed by atoms with van der Waals surface area (Å²) in [6.07, 6.45) is 0. The van der Waals surface area contributed by atoms with Gasteiger partial charge in [-0.05, 0) is 43.5 Å². The van der Waals surface area contributed by atoms with Gasteiger partial charge in [-0.1, -0.05) is 36.4 Å². The van der Waals surface area contributed by atoms with Crippen LogP contribution in [0.2, 0.25) is 0 Å². The summed E-state index contributed by atoms with van der Waals surface area (Å²) >= 11 is 0. The number of nitrogens with zero attached hydrogens (tertiary/aromatic N) is 1. The lowest BCUT2D eigenvalue weighted by atomic mass is 10.0. The second-order valence-electron chi connectivity index (χ2n) is 4.92. The Morgan fingerprint density at radius 3 is 1.95 bits per heavy atom. The molecule has 0 saturated carbocycles. The number of anilines is 1. The predicted octanol–water partition coefficient (Wildman–Crippen LogP) is 3.89. The van der Waals surface area contributed by atoms with Crippen LogP contribution in [-0.4, -0.2) is 13.0 Å². The van der Waals surface area contributed by atoms with E-state index in [-0.39, 0.29) is 5.91 Å². The third kappa shape index (κ3) is 2.53. The van der Waals surface area contributed by atoms with Gasteiger partial charge in [-0.2, -0.15) is 0 Å². The molecule has 0 aliphatic heterocycles. The quantitative estimate of drug-likeness (QED) is 0.795. The number of amides is 1. The zero-order valence-corrected chi connectivity index (χ0v) is 11.9. The maximum Gasteiger partial charge on any atom is 0.258 e. The molecule has 1 amide bonds. The van der Waals surface area contributed by atoms with Gasteiger partial charge < -0.3 is 4.90 Å². The van der Waals surface area contributed by atoms with Crippen molar-refractivity contribution < 1.29 is 4.79 Å². The van der Waals surface area contributed by atoms with Crippen molar-refractivity contribution >= 4 is 11.6 Å². The summed E-state index contributed by atoms with van der Waals surface area (Å²) in [5, 5.41) is 0. The van der Waals surface area contributed by atoms with Crippen molar-refractivity contribution in [1.82, 2.24) is 0 Å². The first-order chi connectivity index (χ1) is 9.02. The van der Waals surface area contributed by atoms with E-state index in [4.69, 9.17) is 0 Å². The zero-order chi connectivity index (χ0) is 14.0. The first-order valence-electron chi connectivity index (χ1n) is 6.42. The smallest absolute Gasteiger partial charge is 0.258 e. The number of hydrogen-bond acceptors (Lipinski definition) is 1. The van der Waals surface area contributed by atoms with Crippen molar-refractivity contribution in [2.75, 3.05) is 11.9 Å². The lowest BCUT2D eigenvalue weighted by Gasteiger charge is -2.22. The van der Waals surface area contributed by atoms with E-state index in [1.165, 1.54) is 0 Å². The molecule has 0 bridgehead atoms. The lowest BCUT2D eigenvalue weighted by molar-refractivity contribution is 0.0992. The molecule has 19 heavy (non-hydrogen) atoms. The van der Waals surface area contributed by atoms with Crippen LogP contribution < -0.4 is 4.90 Å². The zero-order valence-electron chi connectivity index (χ0n) is 11.9. The van der Waals surface area contributed by atoms with E-state index in [0.717, 1.165) is 27.9 Å². The second-order valence-corrected chi connectivity index (χ2v) is 4.92. The first kappa shape index (κ1) is 13.3. The molecule has 0 N–H and O–H groups in total. The number of carbonyl (C=O) groups is 1. The van der Waals surface area contributed by atoms with Crippen LogP contribution in [0.1, 0.15) is 27.0 Å². The van der Waals surface area contributed by atoms with Gasteiger partial charge in [-0.3, -0.25) is 4.79 Å². The predicted molar refractivity (Wildman–Crippen MR) is 79.8 cm³/mol. The minimum Gasteiger partial charge on any atom is -0.311 e. The molecule has 0 spiro atoms. The van der Waals surface area contributed by atoms with E-state index in [2.05, 4.69) is 0 Å². The average Bonchev–Trinajstić information content (AvgIpc) is 2.38. The SMILES string of the molecule is Cc1ccccc1C(=O)N(C)c1c(C)cccc1C. The molecule has 0 fully saturated rings. The van der Waals surface area contributed by atoms with Gasteiger partial charge >= 0.3 is 0 Å². The molecular weight excluding hydrogens is 234 g/mol. The van der Waals surface area contributed by atoms with Crippen molar-refractivity contribution in [1.29, 1.82) is 0 Å². The normalized spacial score (nSPS) is 10.3. The van der Waals surface area contributed by atoms with Gasteiger partial charge in [0.25, 0.3) is 5.91 Å². The van der Waals surface area contributed by atoms with E-state index in [1.54, 1.807) is 4.90 Å². The summed E-state index contributed by atoms with van der Waals surface area (Å²) in [6, 6.07) is 13.8. The molecule has 0 aliphatic rings. The standard InChI is InChI=1S/C17H19NO/c1-12-8-5-6-11-15(12)17(19)18(4)16-13(2)9-7-10-14(16)3/h5-11H,1-4H3. The molecule has 0 heterocycles. The van der Waals surface area contributed by atoms with Crippen LogP contribution in [-0.2, 0) is 0 Å². The highest BCUT2D eigenvalue weighted by Gasteiger charge is 2.17. The van der Waals surface area contributed by atoms with Crippen LogP contribution in [0, 0.1) is 20.8 Å². The van der Waals surface area contributed by atoms with Gasteiger partial charge in [-0.25, -0.2) is 0 Å². The first-order valence-corrected chi connectivity index (χ1v) is 6.42. The molecule has 2 heteroatoms. The topological polar surface area (TPSA) is 20.3 Å². The van der Waals surface area contributed by atoms with Crippen molar-refractivity contribution in [3.63, 3.8) is 0 Å². The maximum atomic E-state index is 12.6. The van der Waals surface area contributed by atoms with E-state index >= 15 is 0 Å². The fraction of sp³-hybridized carbons (Fsp3) is 0.235. The summed E-state index contributed by atoms with van der Waals surface area (Å²) in [4.78, 5) is 14.3. The fourth-order valence-corrected chi connectivity index (χ4v) is 2.43. The van der Waals surface area contributed by atoms with E-state index < -0.39 is 0 Å². The molecule has 0 radical (unpaired) electrons. The second kappa shape index (κ2) is 5.27. The molecular formula is C17H19NO. The Labute approximate surface area is 114 Å². The number of rotatable bonds is 2. The van der Waals surface area contributed by atoms with Gasteiger partial charge in [0.05, 0.1) is 0 Å². The van der Waals surface area contributed by atoms with Gasteiger partial charge in [-0.15, -0.1) is 0 Å². The molecule has 2 aromatic carbocycles. The van der Waals surface area contributed by atoms with Crippen LogP contribution in [0.4, 0.5) is 5.69 Å². The molecule has 0 aromatic heterocycles. The summed E-state index contributed by atoms with van der Waals surface area (Å²) in [7, 11) is 1.84. The Bertz CT molecular complexity index is 596. The van der Waals surface area contributed by atoms with Gasteiger partial charge in [0.1, 0.15) is 0 Å². The molecule has 0 saturated heterocycles. The number of para-hydroxylation sites is 1. The summed E-state index contributed by atoms with van der Waals surface area (Å²) < 4.78 is 0. The van der Waals surface area contributed by atoms with E-state index in [0.29, 0.717) is 0 Å². The van der Waals surface area contributed by atoms with Crippen molar-refractivity contribution in [3.8, 4) is 0 Å². The molecule has 0 unspecified atom stereocenters. The Hall–Kier alpha value is -2.09. The molecule has 98 valence electrons. The highest BCUT2D eigenvalue weighted by atomic mass is 16.2. The van der Waals surface area contributed by atoms with Crippen LogP contribution in [0.3, 0.4) is 0 Å². The van der Waals surface area contributed by atoms with Gasteiger partial charge in [0.2, 0.25) is 0 Å². The Kier molecular flexibility index (Phi) is 3.70. The summed E-state index contributed by atoms with van der Waals surface area (Å²) in [5.74, 6) is 0.0375. The molecule has 0 atom stereocenters. The van der Waals surface area contributed by atoms with Crippen LogP contribution in [0.15, 0.2) is 42.5 Å². The number of hydrogen-bond donors (Lipinski definition) is 0. The number of aryl methyl sites for hydroxylation is 3. The molecule has 2 aromatic rings. The van der Waals surface area contributed by atoms with Crippen molar-refractivity contribution in [2.24, 2.45) is 0 Å². The van der Waals surface area contributed by atoms with Gasteiger partial charge in [0.15, 0.2) is 0 Å². The Morgan fingerprint density at radius 2 is 1.37 bits per heavy atom. The summed E-state index contributed by atoms with van der Waals surface area (Å²) in [6.45, 7) is 6.03. The molecule has 2 rings (SSSR count). The average molecular weight is 253 g/mol. The maximum absolute atomic E-state index is 12.6. The van der Waals surface area contributed by atoms with Gasteiger partial charge in [0, 0.05) is 18.3 Å². The molecule has 0 aliphatic carbocycles. The van der Waals surface area contributed by atoms with Crippen molar-refractivity contribution in [2.45, 2.75) is 20.8 Å². The van der Waals surface area contributed by atoms with Crippen LogP contribution in [0.25, 0.3) is 0 Å². The lowest BCUT2D eigenvalue weighted by Crippen LogP contribution is -2.28. The minimum atomic E-state index is 0.0375. The Balaban J connectivity index is 2.43. The fourth-order valence-electron chi connectivity index (χ4n) is 2.43. The van der Waals surface area contributed by atoms with Crippen molar-refractivity contribution in [3.05, 3.63) is 64.7 Å². The number of carbonyl (C=O) groups excluding carboxylic acids is 1. The number of benzene rings is 2. The third-order valence-electron chi connectivity index (χ3n) is 3.46.